The normalized spacial score (nSPS) is 11.8. The first-order chi connectivity index (χ1) is 28.7. The van der Waals surface area contributed by atoms with Crippen LogP contribution in [0, 0.1) is 0 Å². The van der Waals surface area contributed by atoms with Crippen molar-refractivity contribution in [3.63, 3.8) is 0 Å². The molecule has 5 heteroatoms. The number of furan rings is 2. The average Bonchev–Trinajstić information content (AvgIpc) is 3.88. The Kier molecular flexibility index (Phi) is 7.16. The van der Waals surface area contributed by atoms with Gasteiger partial charge in [-0.2, -0.15) is 0 Å². The summed E-state index contributed by atoms with van der Waals surface area (Å²) in [5.41, 5.74) is 10.6. The van der Waals surface area contributed by atoms with E-state index in [2.05, 4.69) is 140 Å². The third-order valence-corrected chi connectivity index (χ3v) is 11.3. The minimum atomic E-state index is 0.585. The van der Waals surface area contributed by atoms with Gasteiger partial charge < -0.3 is 8.83 Å². The van der Waals surface area contributed by atoms with Crippen molar-refractivity contribution in [3.8, 4) is 56.4 Å². The second kappa shape index (κ2) is 12.8. The number of fused-ring (bicyclic) bond motifs is 9. The topological polar surface area (TPSA) is 65.0 Å². The fourth-order valence-corrected chi connectivity index (χ4v) is 8.63. The van der Waals surface area contributed by atoms with Crippen molar-refractivity contribution in [3.05, 3.63) is 188 Å². The van der Waals surface area contributed by atoms with E-state index < -0.39 is 0 Å². The Balaban J connectivity index is 1.07. The van der Waals surface area contributed by atoms with Gasteiger partial charge in [-0.3, -0.25) is 0 Å². The zero-order valence-corrected chi connectivity index (χ0v) is 31.1. The average molecular weight is 742 g/mol. The monoisotopic (exact) mass is 741 g/mol. The van der Waals surface area contributed by atoms with Gasteiger partial charge in [0.1, 0.15) is 22.3 Å². The van der Waals surface area contributed by atoms with E-state index in [0.29, 0.717) is 17.5 Å². The summed E-state index contributed by atoms with van der Waals surface area (Å²) in [7, 11) is 0. The van der Waals surface area contributed by atoms with Gasteiger partial charge in [0.2, 0.25) is 0 Å². The van der Waals surface area contributed by atoms with Crippen LogP contribution in [0.25, 0.3) is 122 Å². The van der Waals surface area contributed by atoms with Crippen molar-refractivity contribution in [2.24, 2.45) is 0 Å². The lowest BCUT2D eigenvalue weighted by Crippen LogP contribution is -2.01. The van der Waals surface area contributed by atoms with Crippen molar-refractivity contribution < 1.29 is 8.83 Å². The predicted molar refractivity (Wildman–Crippen MR) is 237 cm³/mol. The van der Waals surface area contributed by atoms with Gasteiger partial charge in [-0.1, -0.05) is 146 Å². The first-order valence-corrected chi connectivity index (χ1v) is 19.4. The smallest absolute Gasteiger partial charge is 0.164 e. The van der Waals surface area contributed by atoms with E-state index in [0.717, 1.165) is 93.6 Å². The molecule has 0 atom stereocenters. The Bertz CT molecular complexity index is 3580. The second-order valence-electron chi connectivity index (χ2n) is 14.7. The Morgan fingerprint density at radius 1 is 0.276 bits per heavy atom. The molecule has 58 heavy (non-hydrogen) atoms. The van der Waals surface area contributed by atoms with Crippen LogP contribution >= 0.6 is 0 Å². The Hall–Kier alpha value is -7.89. The lowest BCUT2D eigenvalue weighted by atomic mass is 9.92. The molecule has 3 aromatic heterocycles. The van der Waals surface area contributed by atoms with Gasteiger partial charge in [0, 0.05) is 38.2 Å². The zero-order valence-electron chi connectivity index (χ0n) is 31.1. The highest BCUT2D eigenvalue weighted by molar-refractivity contribution is 6.20. The van der Waals surface area contributed by atoms with Gasteiger partial charge in [-0.25, -0.2) is 15.0 Å². The third-order valence-electron chi connectivity index (χ3n) is 11.3. The summed E-state index contributed by atoms with van der Waals surface area (Å²) in [6, 6.07) is 65.2. The first-order valence-electron chi connectivity index (χ1n) is 19.4. The molecule has 0 saturated heterocycles. The summed E-state index contributed by atoms with van der Waals surface area (Å²) in [6.45, 7) is 0. The largest absolute Gasteiger partial charge is 0.456 e. The van der Waals surface area contributed by atoms with E-state index in [-0.39, 0.29) is 0 Å². The van der Waals surface area contributed by atoms with Crippen LogP contribution in [0.2, 0.25) is 0 Å². The molecule has 0 aliphatic carbocycles. The van der Waals surface area contributed by atoms with Gasteiger partial charge >= 0.3 is 0 Å². The van der Waals surface area contributed by atoms with E-state index in [4.69, 9.17) is 23.8 Å². The molecular formula is C53H31N3O2. The molecule has 0 unspecified atom stereocenters. The Morgan fingerprint density at radius 2 is 0.828 bits per heavy atom. The summed E-state index contributed by atoms with van der Waals surface area (Å²) in [5.74, 6) is 1.78. The van der Waals surface area contributed by atoms with Gasteiger partial charge in [0.15, 0.2) is 17.5 Å². The Morgan fingerprint density at radius 3 is 1.62 bits per heavy atom. The van der Waals surface area contributed by atoms with Crippen molar-refractivity contribution in [2.45, 2.75) is 0 Å². The molecule has 5 nitrogen and oxygen atoms in total. The molecule has 0 fully saturated rings. The molecule has 0 spiro atoms. The summed E-state index contributed by atoms with van der Waals surface area (Å²) in [6.07, 6.45) is 0. The van der Waals surface area contributed by atoms with E-state index in [1.807, 2.05) is 48.5 Å². The van der Waals surface area contributed by atoms with E-state index >= 15 is 0 Å². The molecule has 270 valence electrons. The van der Waals surface area contributed by atoms with Crippen LogP contribution < -0.4 is 0 Å². The van der Waals surface area contributed by atoms with Crippen LogP contribution in [-0.4, -0.2) is 15.0 Å². The lowest BCUT2D eigenvalue weighted by molar-refractivity contribution is 0.668. The van der Waals surface area contributed by atoms with Crippen LogP contribution in [0.4, 0.5) is 0 Å². The molecule has 12 aromatic rings. The van der Waals surface area contributed by atoms with Gasteiger partial charge in [-0.15, -0.1) is 0 Å². The van der Waals surface area contributed by atoms with E-state index in [1.54, 1.807) is 0 Å². The molecule has 0 bridgehead atoms. The highest BCUT2D eigenvalue weighted by Gasteiger charge is 2.20. The maximum Gasteiger partial charge on any atom is 0.164 e. The molecule has 0 N–H and O–H groups in total. The van der Waals surface area contributed by atoms with Crippen LogP contribution in [0.3, 0.4) is 0 Å². The van der Waals surface area contributed by atoms with Crippen LogP contribution in [0.5, 0.6) is 0 Å². The number of nitrogens with zero attached hydrogens (tertiary/aromatic N) is 3. The van der Waals surface area contributed by atoms with Crippen LogP contribution in [-0.2, 0) is 0 Å². The van der Waals surface area contributed by atoms with Crippen LogP contribution in [0.1, 0.15) is 0 Å². The summed E-state index contributed by atoms with van der Waals surface area (Å²) in [4.78, 5) is 15.8. The van der Waals surface area contributed by atoms with Gasteiger partial charge in [0.05, 0.1) is 0 Å². The number of aromatic nitrogens is 3. The van der Waals surface area contributed by atoms with Gasteiger partial charge in [-0.05, 0) is 86.3 Å². The first kappa shape index (κ1) is 32.4. The quantitative estimate of drug-likeness (QED) is 0.176. The second-order valence-corrected chi connectivity index (χ2v) is 14.7. The summed E-state index contributed by atoms with van der Waals surface area (Å²) in [5, 5.41) is 8.77. The number of rotatable bonds is 5. The highest BCUT2D eigenvalue weighted by Crippen LogP contribution is 2.41. The number of para-hydroxylation sites is 2. The number of hydrogen-bond donors (Lipinski definition) is 0. The highest BCUT2D eigenvalue weighted by atomic mass is 16.3. The molecule has 0 amide bonds. The molecule has 0 aliphatic heterocycles. The number of benzene rings is 9. The standard InChI is InChI=1S/C53H31N3O2/c1-2-12-32(13-3-1)34-14-10-15-36(30-34)51-54-52(56-53(55-51)43-20-11-23-47-49(43)41-18-6-8-21-45(41)57-47)40-28-27-37(38-16-4-5-17-39(38)40)35-25-24-33-26-29-48-50(44(33)31-35)42-19-7-9-22-46(42)58-48/h1-31H. The van der Waals surface area contributed by atoms with Crippen molar-refractivity contribution in [2.75, 3.05) is 0 Å². The Labute approximate surface area is 332 Å². The maximum absolute atomic E-state index is 6.31. The summed E-state index contributed by atoms with van der Waals surface area (Å²) < 4.78 is 12.6. The van der Waals surface area contributed by atoms with Crippen molar-refractivity contribution >= 4 is 65.4 Å². The fourth-order valence-electron chi connectivity index (χ4n) is 8.63. The van der Waals surface area contributed by atoms with Crippen LogP contribution in [0.15, 0.2) is 197 Å². The lowest BCUT2D eigenvalue weighted by Gasteiger charge is -2.14. The van der Waals surface area contributed by atoms with Crippen molar-refractivity contribution in [1.82, 2.24) is 15.0 Å². The predicted octanol–water partition coefficient (Wildman–Crippen LogP) is 14.3. The summed E-state index contributed by atoms with van der Waals surface area (Å²) >= 11 is 0. The SMILES string of the molecule is c1ccc(-c2cccc(-c3nc(-c4ccc(-c5ccc6ccc7oc8ccccc8c7c6c5)c5ccccc45)nc(-c4cccc5oc6ccccc6c45)n3)c2)cc1. The zero-order chi connectivity index (χ0) is 38.2. The van der Waals surface area contributed by atoms with Gasteiger partial charge in [0.25, 0.3) is 0 Å². The maximum atomic E-state index is 6.31. The van der Waals surface area contributed by atoms with Crippen molar-refractivity contribution in [1.29, 1.82) is 0 Å². The minimum Gasteiger partial charge on any atom is -0.456 e. The molecular weight excluding hydrogens is 711 g/mol. The molecule has 12 rings (SSSR count). The third kappa shape index (κ3) is 5.14. The molecule has 0 saturated carbocycles. The molecule has 0 radical (unpaired) electrons. The minimum absolute atomic E-state index is 0.585. The fraction of sp³-hybridized carbons (Fsp3) is 0. The molecule has 9 aromatic carbocycles. The van der Waals surface area contributed by atoms with E-state index in [1.165, 1.54) is 10.8 Å². The number of hydrogen-bond acceptors (Lipinski definition) is 5. The molecule has 3 heterocycles. The molecule has 0 aliphatic rings. The van der Waals surface area contributed by atoms with E-state index in [9.17, 15) is 0 Å².